The van der Waals surface area contributed by atoms with Gasteiger partial charge >= 0.3 is 0 Å². The lowest BCUT2D eigenvalue weighted by atomic mass is 9.90. The van der Waals surface area contributed by atoms with Crippen LogP contribution in [0.3, 0.4) is 0 Å². The third-order valence-electron chi connectivity index (χ3n) is 4.73. The first-order chi connectivity index (χ1) is 6.04. The average molecular weight is 183 g/mol. The van der Waals surface area contributed by atoms with E-state index in [0.29, 0.717) is 11.1 Å². The van der Waals surface area contributed by atoms with Crippen LogP contribution in [0.25, 0.3) is 0 Å². The molecule has 0 aromatic heterocycles. The first-order valence-corrected chi connectivity index (χ1v) is 5.78. The van der Waals surface area contributed by atoms with E-state index in [-0.39, 0.29) is 0 Å². The summed E-state index contributed by atoms with van der Waals surface area (Å²) in [6, 6.07) is 0. The smallest absolute Gasteiger partial charge is 0.0207 e. The molecule has 1 fully saturated rings. The molecule has 0 aliphatic carbocycles. The lowest BCUT2D eigenvalue weighted by molar-refractivity contribution is 0.0672. The van der Waals surface area contributed by atoms with Gasteiger partial charge in [0.25, 0.3) is 0 Å². The Bertz CT molecular complexity index is 172. The molecular formula is C12H25N. The average Bonchev–Trinajstić information content (AvgIpc) is 2.43. The van der Waals surface area contributed by atoms with Crippen LogP contribution >= 0.6 is 0 Å². The summed E-state index contributed by atoms with van der Waals surface area (Å²) >= 11 is 0. The molecule has 1 aliphatic rings. The van der Waals surface area contributed by atoms with E-state index in [1.54, 1.807) is 0 Å². The molecule has 0 radical (unpaired) electrons. The van der Waals surface area contributed by atoms with Gasteiger partial charge in [-0.3, -0.25) is 4.90 Å². The fourth-order valence-electron chi connectivity index (χ4n) is 2.90. The Labute approximate surface area is 83.5 Å². The molecule has 1 saturated heterocycles. The molecular weight excluding hydrogens is 158 g/mol. The van der Waals surface area contributed by atoms with E-state index in [1.807, 2.05) is 0 Å². The second-order valence-electron chi connectivity index (χ2n) is 4.84. The molecule has 1 aliphatic heterocycles. The summed E-state index contributed by atoms with van der Waals surface area (Å²) in [5.41, 5.74) is 0.969. The Morgan fingerprint density at radius 1 is 1.00 bits per heavy atom. The molecule has 0 aromatic carbocycles. The molecule has 1 heteroatoms. The number of hydrogen-bond donors (Lipinski definition) is 0. The van der Waals surface area contributed by atoms with Gasteiger partial charge in [-0.1, -0.05) is 20.8 Å². The summed E-state index contributed by atoms with van der Waals surface area (Å²) < 4.78 is 0. The van der Waals surface area contributed by atoms with Crippen molar-refractivity contribution in [2.45, 2.75) is 70.9 Å². The molecule has 1 heterocycles. The van der Waals surface area contributed by atoms with E-state index >= 15 is 0 Å². The summed E-state index contributed by atoms with van der Waals surface area (Å²) in [6.45, 7) is 9.40. The molecule has 0 bridgehead atoms. The minimum atomic E-state index is 0.464. The molecule has 1 atom stereocenters. The molecule has 78 valence electrons. The van der Waals surface area contributed by atoms with Crippen molar-refractivity contribution < 1.29 is 0 Å². The quantitative estimate of drug-likeness (QED) is 0.648. The molecule has 0 amide bonds. The second kappa shape index (κ2) is 3.61. The Hall–Kier alpha value is -0.0400. The topological polar surface area (TPSA) is 3.24 Å². The van der Waals surface area contributed by atoms with Gasteiger partial charge in [-0.2, -0.15) is 0 Å². The van der Waals surface area contributed by atoms with Crippen molar-refractivity contribution in [3.05, 3.63) is 0 Å². The van der Waals surface area contributed by atoms with Gasteiger partial charge in [0.1, 0.15) is 0 Å². The van der Waals surface area contributed by atoms with Crippen LogP contribution in [-0.2, 0) is 0 Å². The molecule has 0 saturated carbocycles. The summed E-state index contributed by atoms with van der Waals surface area (Å²) in [6.07, 6.45) is 6.65. The molecule has 1 nitrogen and oxygen atoms in total. The zero-order chi connectivity index (χ0) is 10.1. The Morgan fingerprint density at radius 2 is 1.54 bits per heavy atom. The van der Waals surface area contributed by atoms with Gasteiger partial charge in [0, 0.05) is 11.1 Å². The first-order valence-electron chi connectivity index (χ1n) is 5.78. The van der Waals surface area contributed by atoms with E-state index in [1.165, 1.54) is 32.1 Å². The highest BCUT2D eigenvalue weighted by Crippen LogP contribution is 2.44. The molecule has 13 heavy (non-hydrogen) atoms. The molecule has 0 N–H and O–H groups in total. The molecule has 0 spiro atoms. The van der Waals surface area contributed by atoms with Crippen LogP contribution < -0.4 is 0 Å². The third kappa shape index (κ3) is 1.52. The van der Waals surface area contributed by atoms with E-state index in [4.69, 9.17) is 0 Å². The normalized spacial score (nSPS) is 33.9. The van der Waals surface area contributed by atoms with Gasteiger partial charge in [0.2, 0.25) is 0 Å². The van der Waals surface area contributed by atoms with Crippen molar-refractivity contribution >= 4 is 0 Å². The van der Waals surface area contributed by atoms with Crippen LogP contribution in [0, 0.1) is 0 Å². The Kier molecular flexibility index (Phi) is 3.06. The predicted molar refractivity (Wildman–Crippen MR) is 59.0 cm³/mol. The van der Waals surface area contributed by atoms with Crippen LogP contribution in [0.2, 0.25) is 0 Å². The standard InChI is InChI=1S/C12H25N/c1-6-11(4)9-10-12(7-2,8-3)13(11)5/h6-10H2,1-5H3. The third-order valence-corrected chi connectivity index (χ3v) is 4.73. The minimum absolute atomic E-state index is 0.464. The van der Waals surface area contributed by atoms with Crippen molar-refractivity contribution in [2.75, 3.05) is 7.05 Å². The highest BCUT2D eigenvalue weighted by Gasteiger charge is 2.46. The SMILES string of the molecule is CCC1(C)CCC(CC)(CC)N1C. The molecule has 1 rings (SSSR count). The van der Waals surface area contributed by atoms with Gasteiger partial charge in [-0.25, -0.2) is 0 Å². The monoisotopic (exact) mass is 183 g/mol. The highest BCUT2D eigenvalue weighted by molar-refractivity contribution is 5.03. The van der Waals surface area contributed by atoms with Crippen LogP contribution in [0.15, 0.2) is 0 Å². The Balaban J connectivity index is 2.84. The van der Waals surface area contributed by atoms with Crippen LogP contribution in [-0.4, -0.2) is 23.0 Å². The van der Waals surface area contributed by atoms with Crippen molar-refractivity contribution in [1.82, 2.24) is 4.90 Å². The van der Waals surface area contributed by atoms with Crippen LogP contribution in [0.1, 0.15) is 59.8 Å². The van der Waals surface area contributed by atoms with E-state index in [2.05, 4.69) is 39.6 Å². The fourth-order valence-corrected chi connectivity index (χ4v) is 2.90. The summed E-state index contributed by atoms with van der Waals surface area (Å²) in [5, 5.41) is 0. The summed E-state index contributed by atoms with van der Waals surface area (Å²) in [5.74, 6) is 0. The number of rotatable bonds is 3. The van der Waals surface area contributed by atoms with Crippen LogP contribution in [0.5, 0.6) is 0 Å². The number of likely N-dealkylation sites (tertiary alicyclic amines) is 1. The van der Waals surface area contributed by atoms with Gasteiger partial charge in [-0.05, 0) is 46.1 Å². The van der Waals surface area contributed by atoms with Crippen molar-refractivity contribution in [2.24, 2.45) is 0 Å². The van der Waals surface area contributed by atoms with Gasteiger partial charge in [0.15, 0.2) is 0 Å². The molecule has 1 unspecified atom stereocenters. The second-order valence-corrected chi connectivity index (χ2v) is 4.84. The van der Waals surface area contributed by atoms with E-state index in [0.717, 1.165) is 0 Å². The lowest BCUT2D eigenvalue weighted by Crippen LogP contribution is -2.49. The predicted octanol–water partition coefficient (Wildman–Crippen LogP) is 3.44. The maximum absolute atomic E-state index is 2.65. The van der Waals surface area contributed by atoms with E-state index < -0.39 is 0 Å². The number of hydrogen-bond acceptors (Lipinski definition) is 1. The maximum atomic E-state index is 2.65. The zero-order valence-electron chi connectivity index (χ0n) is 9.98. The largest absolute Gasteiger partial charge is 0.295 e. The first kappa shape index (κ1) is 11.0. The van der Waals surface area contributed by atoms with E-state index in [9.17, 15) is 0 Å². The van der Waals surface area contributed by atoms with Gasteiger partial charge < -0.3 is 0 Å². The van der Waals surface area contributed by atoms with Crippen molar-refractivity contribution in [3.8, 4) is 0 Å². The molecule has 0 aromatic rings. The summed E-state index contributed by atoms with van der Waals surface area (Å²) in [4.78, 5) is 2.65. The summed E-state index contributed by atoms with van der Waals surface area (Å²) in [7, 11) is 2.32. The number of nitrogens with zero attached hydrogens (tertiary/aromatic N) is 1. The minimum Gasteiger partial charge on any atom is -0.295 e. The zero-order valence-corrected chi connectivity index (χ0v) is 9.98. The fraction of sp³-hybridized carbons (Fsp3) is 1.00. The van der Waals surface area contributed by atoms with Crippen molar-refractivity contribution in [3.63, 3.8) is 0 Å². The Morgan fingerprint density at radius 3 is 1.77 bits per heavy atom. The van der Waals surface area contributed by atoms with Crippen molar-refractivity contribution in [1.29, 1.82) is 0 Å². The highest BCUT2D eigenvalue weighted by atomic mass is 15.3. The maximum Gasteiger partial charge on any atom is 0.0207 e. The lowest BCUT2D eigenvalue weighted by Gasteiger charge is -2.42. The van der Waals surface area contributed by atoms with Gasteiger partial charge in [-0.15, -0.1) is 0 Å². The van der Waals surface area contributed by atoms with Gasteiger partial charge in [0.05, 0.1) is 0 Å². The van der Waals surface area contributed by atoms with Crippen LogP contribution in [0.4, 0.5) is 0 Å².